The summed E-state index contributed by atoms with van der Waals surface area (Å²) < 4.78 is 0.746. The van der Waals surface area contributed by atoms with Crippen LogP contribution in [0.4, 0.5) is 0 Å². The number of amides is 1. The molecule has 0 aliphatic carbocycles. The highest BCUT2D eigenvalue weighted by molar-refractivity contribution is 9.10. The van der Waals surface area contributed by atoms with E-state index in [0.29, 0.717) is 21.3 Å². The van der Waals surface area contributed by atoms with Crippen LogP contribution >= 0.6 is 38.9 Å². The van der Waals surface area contributed by atoms with Crippen molar-refractivity contribution in [1.29, 1.82) is 0 Å². The Labute approximate surface area is 138 Å². The third-order valence-corrected chi connectivity index (χ3v) is 4.58. The number of hydrogen-bond acceptors (Lipinski definition) is 4. The Hall–Kier alpha value is -1.44. The van der Waals surface area contributed by atoms with E-state index in [1.165, 1.54) is 0 Å². The molecule has 0 aliphatic heterocycles. The molecule has 0 unspecified atom stereocenters. The van der Waals surface area contributed by atoms with Gasteiger partial charge in [0.05, 0.1) is 22.8 Å². The number of aryl methyl sites for hydroxylation is 1. The van der Waals surface area contributed by atoms with E-state index in [-0.39, 0.29) is 17.3 Å². The van der Waals surface area contributed by atoms with E-state index in [0.717, 1.165) is 15.8 Å². The van der Waals surface area contributed by atoms with Crippen LogP contribution in [0, 0.1) is 6.92 Å². The molecule has 8 heteroatoms. The zero-order valence-corrected chi connectivity index (χ0v) is 14.0. The summed E-state index contributed by atoms with van der Waals surface area (Å²) in [5.41, 5.74) is 0.787. The summed E-state index contributed by atoms with van der Waals surface area (Å²) in [6.45, 7) is 1.77. The smallest absolute Gasteiger partial charge is 0.347 e. The third-order valence-electron chi connectivity index (χ3n) is 2.61. The second-order valence-corrected chi connectivity index (χ2v) is 6.54. The highest BCUT2D eigenvalue weighted by Gasteiger charge is 2.15. The van der Waals surface area contributed by atoms with Gasteiger partial charge in [-0.25, -0.2) is 9.78 Å². The average Bonchev–Trinajstić information content (AvgIpc) is 2.80. The number of benzene rings is 1. The largest absolute Gasteiger partial charge is 0.477 e. The fourth-order valence-electron chi connectivity index (χ4n) is 1.65. The quantitative estimate of drug-likeness (QED) is 0.839. The molecular formula is C13H10BrClN2O3S. The lowest BCUT2D eigenvalue weighted by Crippen LogP contribution is -2.23. The first kappa shape index (κ1) is 15.9. The fraction of sp³-hybridized carbons (Fsp3) is 0.154. The zero-order valence-electron chi connectivity index (χ0n) is 10.8. The number of carboxylic acid groups (broad SMARTS) is 1. The molecule has 2 aromatic rings. The van der Waals surface area contributed by atoms with Gasteiger partial charge in [0.25, 0.3) is 5.91 Å². The summed E-state index contributed by atoms with van der Waals surface area (Å²) in [4.78, 5) is 27.3. The minimum Gasteiger partial charge on any atom is -0.477 e. The molecule has 2 N–H and O–H groups in total. The zero-order chi connectivity index (χ0) is 15.6. The van der Waals surface area contributed by atoms with Crippen LogP contribution in [-0.4, -0.2) is 22.0 Å². The first-order valence-electron chi connectivity index (χ1n) is 5.81. The van der Waals surface area contributed by atoms with Crippen LogP contribution in [0.25, 0.3) is 0 Å². The average molecular weight is 390 g/mol. The number of hydrogen-bond donors (Lipinski definition) is 2. The first-order chi connectivity index (χ1) is 9.88. The van der Waals surface area contributed by atoms with Crippen molar-refractivity contribution in [2.75, 3.05) is 0 Å². The Kier molecular flexibility index (Phi) is 4.97. The van der Waals surface area contributed by atoms with Crippen molar-refractivity contribution in [2.24, 2.45) is 0 Å². The molecule has 1 aromatic heterocycles. The molecule has 0 saturated carbocycles. The van der Waals surface area contributed by atoms with Gasteiger partial charge in [0.15, 0.2) is 0 Å². The highest BCUT2D eigenvalue weighted by Crippen LogP contribution is 2.21. The maximum absolute atomic E-state index is 12.1. The number of aromatic carboxylic acids is 1. The number of carboxylic acids is 1. The summed E-state index contributed by atoms with van der Waals surface area (Å²) in [5, 5.41) is 12.5. The van der Waals surface area contributed by atoms with Crippen molar-refractivity contribution in [2.45, 2.75) is 13.5 Å². The van der Waals surface area contributed by atoms with E-state index >= 15 is 0 Å². The molecule has 0 atom stereocenters. The number of aromatic nitrogens is 1. The first-order valence-corrected chi connectivity index (χ1v) is 7.80. The lowest BCUT2D eigenvalue weighted by Gasteiger charge is -2.05. The van der Waals surface area contributed by atoms with E-state index in [1.54, 1.807) is 25.1 Å². The van der Waals surface area contributed by atoms with E-state index in [1.807, 2.05) is 0 Å². The molecule has 0 spiro atoms. The molecule has 0 saturated heterocycles. The maximum atomic E-state index is 12.1. The minimum atomic E-state index is -1.02. The normalized spacial score (nSPS) is 10.4. The Bertz CT molecular complexity index is 717. The highest BCUT2D eigenvalue weighted by atomic mass is 79.9. The van der Waals surface area contributed by atoms with E-state index in [4.69, 9.17) is 16.7 Å². The van der Waals surface area contributed by atoms with Crippen molar-refractivity contribution >= 4 is 50.7 Å². The van der Waals surface area contributed by atoms with Crippen LogP contribution in [0.15, 0.2) is 22.7 Å². The van der Waals surface area contributed by atoms with Gasteiger partial charge in [-0.15, -0.1) is 11.3 Å². The molecule has 0 fully saturated rings. The number of nitrogens with zero attached hydrogens (tertiary/aromatic N) is 1. The van der Waals surface area contributed by atoms with Gasteiger partial charge in [-0.05, 0) is 25.1 Å². The second kappa shape index (κ2) is 6.55. The third kappa shape index (κ3) is 3.81. The molecule has 2 rings (SSSR count). The Morgan fingerprint density at radius 1 is 1.48 bits per heavy atom. The fourth-order valence-corrected chi connectivity index (χ4v) is 3.06. The lowest BCUT2D eigenvalue weighted by atomic mass is 10.2. The summed E-state index contributed by atoms with van der Waals surface area (Å²) in [6, 6.07) is 4.98. The summed E-state index contributed by atoms with van der Waals surface area (Å²) in [7, 11) is 0. The number of rotatable bonds is 4. The van der Waals surface area contributed by atoms with Crippen LogP contribution in [0.5, 0.6) is 0 Å². The Morgan fingerprint density at radius 3 is 2.81 bits per heavy atom. The standard InChI is InChI=1S/C13H10BrClN2O3S/c1-6-11(13(19)20)21-10(17-6)5-16-12(18)8-4-7(14)2-3-9(8)15/h2-4H,5H2,1H3,(H,16,18)(H,19,20). The topological polar surface area (TPSA) is 79.3 Å². The number of carbonyl (C=O) groups is 2. The number of nitrogens with one attached hydrogen (secondary N) is 1. The van der Waals surface area contributed by atoms with Gasteiger partial charge in [0.1, 0.15) is 9.88 Å². The van der Waals surface area contributed by atoms with Crippen LogP contribution in [0.1, 0.15) is 30.7 Å². The van der Waals surface area contributed by atoms with E-state index in [2.05, 4.69) is 26.2 Å². The Morgan fingerprint density at radius 2 is 2.19 bits per heavy atom. The maximum Gasteiger partial charge on any atom is 0.347 e. The summed E-state index contributed by atoms with van der Waals surface area (Å²) in [6.07, 6.45) is 0. The van der Waals surface area contributed by atoms with Gasteiger partial charge in [-0.2, -0.15) is 0 Å². The number of carbonyl (C=O) groups excluding carboxylic acids is 1. The molecular weight excluding hydrogens is 380 g/mol. The molecule has 1 heterocycles. The van der Waals surface area contributed by atoms with Crippen LogP contribution in [0.3, 0.4) is 0 Å². The molecule has 0 bridgehead atoms. The molecule has 110 valence electrons. The number of halogens is 2. The van der Waals surface area contributed by atoms with Gasteiger partial charge < -0.3 is 10.4 Å². The second-order valence-electron chi connectivity index (χ2n) is 4.13. The number of thiazole rings is 1. The van der Waals surface area contributed by atoms with Crippen molar-refractivity contribution in [1.82, 2.24) is 10.3 Å². The van der Waals surface area contributed by atoms with Gasteiger partial charge in [-0.3, -0.25) is 4.79 Å². The van der Waals surface area contributed by atoms with Crippen LogP contribution < -0.4 is 5.32 Å². The minimum absolute atomic E-state index is 0.153. The summed E-state index contributed by atoms with van der Waals surface area (Å²) >= 11 is 10.3. The van der Waals surface area contributed by atoms with E-state index < -0.39 is 5.97 Å². The van der Waals surface area contributed by atoms with E-state index in [9.17, 15) is 9.59 Å². The molecule has 5 nitrogen and oxygen atoms in total. The Balaban J connectivity index is 2.09. The molecule has 1 aromatic carbocycles. The predicted octanol–water partition coefficient (Wildman–Crippen LogP) is 3.50. The molecule has 0 aliphatic rings. The van der Waals surface area contributed by atoms with Gasteiger partial charge >= 0.3 is 5.97 Å². The SMILES string of the molecule is Cc1nc(CNC(=O)c2cc(Br)ccc2Cl)sc1C(=O)O. The predicted molar refractivity (Wildman–Crippen MR) is 84.1 cm³/mol. The van der Waals surface area contributed by atoms with Crippen molar-refractivity contribution in [3.8, 4) is 0 Å². The molecule has 1 amide bonds. The van der Waals surface area contributed by atoms with Gasteiger partial charge in [-0.1, -0.05) is 27.5 Å². The van der Waals surface area contributed by atoms with Crippen molar-refractivity contribution in [3.05, 3.63) is 48.8 Å². The van der Waals surface area contributed by atoms with Gasteiger partial charge in [0.2, 0.25) is 0 Å². The van der Waals surface area contributed by atoms with Crippen molar-refractivity contribution < 1.29 is 14.7 Å². The summed E-state index contributed by atoms with van der Waals surface area (Å²) in [5.74, 6) is -1.36. The molecule has 0 radical (unpaired) electrons. The van der Waals surface area contributed by atoms with Crippen LogP contribution in [-0.2, 0) is 6.54 Å². The molecule has 21 heavy (non-hydrogen) atoms. The lowest BCUT2D eigenvalue weighted by molar-refractivity contribution is 0.0701. The van der Waals surface area contributed by atoms with Crippen molar-refractivity contribution in [3.63, 3.8) is 0 Å². The van der Waals surface area contributed by atoms with Gasteiger partial charge in [0, 0.05) is 4.47 Å². The monoisotopic (exact) mass is 388 g/mol. The van der Waals surface area contributed by atoms with Crippen LogP contribution in [0.2, 0.25) is 5.02 Å².